The van der Waals surface area contributed by atoms with Crippen molar-refractivity contribution in [2.75, 3.05) is 6.61 Å². The molecule has 0 radical (unpaired) electrons. The normalized spacial score (nSPS) is 14.3. The summed E-state index contributed by atoms with van der Waals surface area (Å²) in [6.45, 7) is 3.24. The second-order valence-electron chi connectivity index (χ2n) is 7.56. The van der Waals surface area contributed by atoms with E-state index in [-0.39, 0.29) is 16.1 Å². The maximum atomic E-state index is 12.9. The molecule has 2 aliphatic heterocycles. The molecule has 3 unspecified atom stereocenters. The van der Waals surface area contributed by atoms with Crippen molar-refractivity contribution in [2.24, 2.45) is 0 Å². The van der Waals surface area contributed by atoms with Crippen LogP contribution in [0, 0.1) is 13.8 Å². The van der Waals surface area contributed by atoms with Crippen molar-refractivity contribution >= 4 is 22.8 Å². The van der Waals surface area contributed by atoms with Gasteiger partial charge in [-0.3, -0.25) is 9.59 Å². The minimum absolute atomic E-state index is 0.0110. The van der Waals surface area contributed by atoms with Crippen LogP contribution < -0.4 is 16.1 Å². The number of hydrogen-bond acceptors (Lipinski definition) is 11. The van der Waals surface area contributed by atoms with E-state index in [2.05, 4.69) is 14.8 Å². The summed E-state index contributed by atoms with van der Waals surface area (Å²) in [5.41, 5.74) is -0.656. The number of fused-ring (bicyclic) bond motifs is 2. The van der Waals surface area contributed by atoms with Gasteiger partial charge >= 0.3 is 17.2 Å². The highest BCUT2D eigenvalue weighted by atomic mass is 16.7. The van der Waals surface area contributed by atoms with E-state index in [1.165, 1.54) is 4.57 Å². The Bertz CT molecular complexity index is 1330. The van der Waals surface area contributed by atoms with Gasteiger partial charge in [0.2, 0.25) is 5.78 Å². The van der Waals surface area contributed by atoms with Crippen LogP contribution in [0.2, 0.25) is 0 Å². The predicted octanol–water partition coefficient (Wildman–Crippen LogP) is -2.71. The highest BCUT2D eigenvalue weighted by Crippen LogP contribution is 2.24. The molecule has 13 heteroatoms. The molecule has 4 N–H and O–H groups in total. The standard InChI is InChI=1S/C20H22N4O9/c1-8-4-11-12(5-9(8)2)23(6-13(27)16(29)14(28)7-25)17-15(21-11)18(30)24(20(32)22-17)33-19(31)10(3)26/h4-5,13-14,16,25,27-29H,6-7H2,1-3H3. The Morgan fingerprint density at radius 2 is 1.70 bits per heavy atom. The van der Waals surface area contributed by atoms with Crippen LogP contribution in [0.25, 0.3) is 22.6 Å². The molecule has 0 fully saturated rings. The quantitative estimate of drug-likeness (QED) is 0.211. The third kappa shape index (κ3) is 4.52. The lowest BCUT2D eigenvalue weighted by Gasteiger charge is -2.25. The van der Waals surface area contributed by atoms with Gasteiger partial charge in [0.05, 0.1) is 24.2 Å². The summed E-state index contributed by atoms with van der Waals surface area (Å²) in [5, 5.41) is 39.2. The zero-order chi connectivity index (χ0) is 24.6. The summed E-state index contributed by atoms with van der Waals surface area (Å²) >= 11 is 0. The third-order valence-corrected chi connectivity index (χ3v) is 5.15. The number of benzene rings is 1. The van der Waals surface area contributed by atoms with Gasteiger partial charge < -0.3 is 29.8 Å². The fraction of sp³-hybridized carbons (Fsp3) is 0.400. The highest BCUT2D eigenvalue weighted by molar-refractivity contribution is 6.32. The van der Waals surface area contributed by atoms with Crippen LogP contribution >= 0.6 is 0 Å². The molecule has 0 aliphatic carbocycles. The van der Waals surface area contributed by atoms with E-state index in [4.69, 9.17) is 5.11 Å². The van der Waals surface area contributed by atoms with Gasteiger partial charge in [0, 0.05) is 6.92 Å². The molecule has 3 atom stereocenters. The number of ketones is 1. The molecule has 0 bridgehead atoms. The maximum absolute atomic E-state index is 12.9. The van der Waals surface area contributed by atoms with Crippen LogP contribution in [0.3, 0.4) is 0 Å². The Balaban J connectivity index is 2.31. The fourth-order valence-electron chi connectivity index (χ4n) is 3.15. The maximum Gasteiger partial charge on any atom is 0.399 e. The predicted molar refractivity (Wildman–Crippen MR) is 112 cm³/mol. The number of aryl methyl sites for hydroxylation is 2. The number of aliphatic hydroxyl groups is 4. The molecule has 33 heavy (non-hydrogen) atoms. The van der Waals surface area contributed by atoms with Crippen LogP contribution in [-0.4, -0.2) is 76.4 Å². The molecule has 13 nitrogen and oxygen atoms in total. The van der Waals surface area contributed by atoms with E-state index < -0.39 is 60.2 Å². The van der Waals surface area contributed by atoms with Gasteiger partial charge in [0.1, 0.15) is 18.3 Å². The van der Waals surface area contributed by atoms with E-state index in [1.807, 2.05) is 0 Å². The molecule has 1 aromatic carbocycles. The van der Waals surface area contributed by atoms with Gasteiger partial charge in [-0.15, -0.1) is 0 Å². The summed E-state index contributed by atoms with van der Waals surface area (Å²) in [7, 11) is 0. The van der Waals surface area contributed by atoms with Gasteiger partial charge in [-0.2, -0.15) is 4.98 Å². The average Bonchev–Trinajstić information content (AvgIpc) is 2.77. The monoisotopic (exact) mass is 462 g/mol. The summed E-state index contributed by atoms with van der Waals surface area (Å²) in [5.74, 6) is -2.79. The average molecular weight is 462 g/mol. The number of nitrogens with zero attached hydrogens (tertiary/aromatic N) is 4. The molecule has 0 saturated heterocycles. The second-order valence-corrected chi connectivity index (χ2v) is 7.56. The van der Waals surface area contributed by atoms with Crippen molar-refractivity contribution in [3.05, 3.63) is 44.1 Å². The van der Waals surface area contributed by atoms with Crippen molar-refractivity contribution in [3.8, 4) is 11.5 Å². The molecule has 2 aliphatic rings. The van der Waals surface area contributed by atoms with Gasteiger partial charge in [-0.1, -0.05) is 4.73 Å². The lowest BCUT2D eigenvalue weighted by atomic mass is 10.1. The minimum atomic E-state index is -1.75. The number of aliphatic hydroxyl groups excluding tert-OH is 4. The van der Waals surface area contributed by atoms with Crippen molar-refractivity contribution in [1.29, 1.82) is 0 Å². The largest absolute Gasteiger partial charge is 0.399 e. The molecule has 0 saturated carbocycles. The zero-order valence-electron chi connectivity index (χ0n) is 17.9. The first kappa shape index (κ1) is 24.1. The Morgan fingerprint density at radius 3 is 2.30 bits per heavy atom. The first-order valence-corrected chi connectivity index (χ1v) is 9.79. The molecule has 2 heterocycles. The summed E-state index contributed by atoms with van der Waals surface area (Å²) in [4.78, 5) is 60.6. The van der Waals surface area contributed by atoms with Crippen molar-refractivity contribution < 1.29 is 34.9 Å². The molecule has 0 amide bonds. The van der Waals surface area contributed by atoms with Crippen molar-refractivity contribution in [2.45, 2.75) is 45.6 Å². The van der Waals surface area contributed by atoms with E-state index in [0.717, 1.165) is 18.1 Å². The molecule has 3 rings (SSSR count). The lowest BCUT2D eigenvalue weighted by molar-refractivity contribution is -0.154. The van der Waals surface area contributed by atoms with Crippen LogP contribution in [0.5, 0.6) is 0 Å². The molecule has 0 aromatic heterocycles. The number of aromatic nitrogens is 4. The highest BCUT2D eigenvalue weighted by Gasteiger charge is 2.29. The van der Waals surface area contributed by atoms with E-state index in [1.54, 1.807) is 26.0 Å². The Morgan fingerprint density at radius 1 is 1.06 bits per heavy atom. The Hall–Kier alpha value is -3.52. The van der Waals surface area contributed by atoms with Crippen LogP contribution in [0.15, 0.2) is 21.7 Å². The summed E-state index contributed by atoms with van der Waals surface area (Å²) in [6.07, 6.45) is -5.03. The Kier molecular flexibility index (Phi) is 6.69. The molecule has 1 aromatic rings. The SMILES string of the molecule is CC(=O)C(=O)On1c(=O)nc2n(CC(O)C(O)C(O)CO)c3cc(C)c(C)cc3nc-2c1=O. The van der Waals surface area contributed by atoms with E-state index in [0.29, 0.717) is 5.52 Å². The van der Waals surface area contributed by atoms with Crippen molar-refractivity contribution in [1.82, 2.24) is 19.3 Å². The number of Topliss-reactive ketones (excluding diaryl/α,β-unsaturated/α-hetero) is 1. The van der Waals surface area contributed by atoms with Gasteiger partial charge in [0.15, 0.2) is 11.5 Å². The van der Waals surface area contributed by atoms with Crippen molar-refractivity contribution in [3.63, 3.8) is 0 Å². The first-order chi connectivity index (χ1) is 15.5. The van der Waals surface area contributed by atoms with Crippen LogP contribution in [0.4, 0.5) is 0 Å². The zero-order valence-corrected chi connectivity index (χ0v) is 17.9. The molecule has 176 valence electrons. The Labute approximate surface area is 185 Å². The van der Waals surface area contributed by atoms with E-state index >= 15 is 0 Å². The van der Waals surface area contributed by atoms with Crippen LogP contribution in [0.1, 0.15) is 18.1 Å². The van der Waals surface area contributed by atoms with Gasteiger partial charge in [-0.05, 0) is 37.1 Å². The minimum Gasteiger partial charge on any atom is -0.394 e. The molecular weight excluding hydrogens is 440 g/mol. The summed E-state index contributed by atoms with van der Waals surface area (Å²) < 4.78 is 1.26. The number of rotatable bonds is 7. The van der Waals surface area contributed by atoms with Gasteiger partial charge in [-0.25, -0.2) is 14.6 Å². The number of carbonyl (C=O) groups excluding carboxylic acids is 2. The third-order valence-electron chi connectivity index (χ3n) is 5.15. The topological polar surface area (TPSA) is 194 Å². The molecule has 0 spiro atoms. The fourth-order valence-corrected chi connectivity index (χ4v) is 3.15. The smallest absolute Gasteiger partial charge is 0.394 e. The lowest BCUT2D eigenvalue weighted by Crippen LogP contribution is -2.46. The van der Waals surface area contributed by atoms with E-state index in [9.17, 15) is 34.5 Å². The summed E-state index contributed by atoms with van der Waals surface area (Å²) in [6, 6.07) is 3.31. The first-order valence-electron chi connectivity index (χ1n) is 9.79. The van der Waals surface area contributed by atoms with Gasteiger partial charge in [0.25, 0.3) is 0 Å². The number of carbonyl (C=O) groups is 2. The number of hydrogen-bond donors (Lipinski definition) is 4. The molecular formula is C20H22N4O9. The second kappa shape index (κ2) is 9.15. The van der Waals surface area contributed by atoms with Crippen LogP contribution in [-0.2, 0) is 16.1 Å².